The zero-order chi connectivity index (χ0) is 39.5. The predicted molar refractivity (Wildman–Crippen MR) is 206 cm³/mol. The molecule has 0 radical (unpaired) electrons. The third-order valence-electron chi connectivity index (χ3n) is 12.2. The molecule has 300 valence electrons. The Morgan fingerprint density at radius 2 is 1.50 bits per heavy atom. The first-order chi connectivity index (χ1) is 27.0. The highest BCUT2D eigenvalue weighted by molar-refractivity contribution is 6.32. The minimum Gasteiger partial charge on any atom is -0.459 e. The zero-order valence-electron chi connectivity index (χ0n) is 32.5. The topological polar surface area (TPSA) is 164 Å². The predicted octanol–water partition coefficient (Wildman–Crippen LogP) is 4.08. The lowest BCUT2D eigenvalue weighted by Gasteiger charge is -2.41. The molecule has 0 unspecified atom stereocenters. The Bertz CT molecular complexity index is 2020. The lowest BCUT2D eigenvalue weighted by Crippen LogP contribution is -2.52. The molecule has 0 bridgehead atoms. The summed E-state index contributed by atoms with van der Waals surface area (Å²) >= 11 is 0. The summed E-state index contributed by atoms with van der Waals surface area (Å²) in [5.41, 5.74) is 4.52. The summed E-state index contributed by atoms with van der Waals surface area (Å²) in [6.07, 6.45) is 3.49. The van der Waals surface area contributed by atoms with Crippen LogP contribution in [0.1, 0.15) is 62.1 Å². The molecule has 56 heavy (non-hydrogen) atoms. The molecule has 0 aliphatic carbocycles. The largest absolute Gasteiger partial charge is 0.459 e. The molecular formula is C41H52N6O9. The van der Waals surface area contributed by atoms with Crippen LogP contribution in [0.3, 0.4) is 0 Å². The summed E-state index contributed by atoms with van der Waals surface area (Å²) in [5, 5.41) is 3.04. The number of anilines is 1. The number of likely N-dealkylation sites (tertiary alicyclic amines) is 3. The average Bonchev–Trinajstić information content (AvgIpc) is 3.38. The quantitative estimate of drug-likeness (QED) is 0.275. The van der Waals surface area contributed by atoms with Crippen molar-refractivity contribution in [2.75, 3.05) is 57.7 Å². The molecule has 3 saturated heterocycles. The number of amides is 5. The van der Waals surface area contributed by atoms with Crippen molar-refractivity contribution in [3.63, 3.8) is 0 Å². The summed E-state index contributed by atoms with van der Waals surface area (Å²) in [5.74, 6) is -1.41. The molecule has 3 aromatic rings. The van der Waals surface area contributed by atoms with E-state index in [1.165, 1.54) is 4.57 Å². The maximum atomic E-state index is 14.3. The second-order valence-corrected chi connectivity index (χ2v) is 15.5. The van der Waals surface area contributed by atoms with Crippen LogP contribution >= 0.6 is 0 Å². The van der Waals surface area contributed by atoms with Crippen molar-refractivity contribution in [3.8, 4) is 0 Å². The number of piperidine rings is 3. The minimum absolute atomic E-state index is 0.0346. The van der Waals surface area contributed by atoms with Gasteiger partial charge in [-0.15, -0.1) is 0 Å². The standard InChI is InChI=1S/C41H52N6O9/c1-4-54-38(50)37(49)45-18-11-29(12-19-45)28-9-16-44(17-10-28)36(48)34(25-27-23-26(2)35-33(24-27)55-40(52)43(35)3)56-41(53)46-20-14-31(15-21-46)47-22-13-30-7-5-6-8-32(30)42-39(47)51/h5-8,23-24,28-29,31,34H,4,9-22,25H2,1-3H3,(H,42,51)/t34-/m1/s1. The Morgan fingerprint density at radius 1 is 0.857 bits per heavy atom. The number of nitrogens with zero attached hydrogens (tertiary/aromatic N) is 5. The molecule has 15 nitrogen and oxygen atoms in total. The van der Waals surface area contributed by atoms with Gasteiger partial charge in [0.15, 0.2) is 11.7 Å². The maximum absolute atomic E-state index is 14.3. The van der Waals surface area contributed by atoms with Crippen LogP contribution in [0.15, 0.2) is 45.6 Å². The number of benzene rings is 2. The molecule has 0 saturated carbocycles. The van der Waals surface area contributed by atoms with E-state index in [-0.39, 0.29) is 31.0 Å². The van der Waals surface area contributed by atoms with Gasteiger partial charge in [0.25, 0.3) is 5.91 Å². The number of hydrogen-bond donors (Lipinski definition) is 1. The zero-order valence-corrected chi connectivity index (χ0v) is 32.5. The summed E-state index contributed by atoms with van der Waals surface area (Å²) < 4.78 is 17.9. The third-order valence-corrected chi connectivity index (χ3v) is 12.2. The molecule has 2 aromatic carbocycles. The van der Waals surface area contributed by atoms with Crippen molar-refractivity contribution < 1.29 is 37.9 Å². The number of aryl methyl sites for hydroxylation is 2. The summed E-state index contributed by atoms with van der Waals surface area (Å²) in [4.78, 5) is 84.8. The highest BCUT2D eigenvalue weighted by Gasteiger charge is 2.38. The monoisotopic (exact) mass is 772 g/mol. The van der Waals surface area contributed by atoms with Crippen LogP contribution in [-0.2, 0) is 43.7 Å². The van der Waals surface area contributed by atoms with Gasteiger partial charge in [0.1, 0.15) is 0 Å². The van der Waals surface area contributed by atoms with Gasteiger partial charge in [-0.2, -0.15) is 0 Å². The van der Waals surface area contributed by atoms with Crippen molar-refractivity contribution in [2.45, 2.75) is 77.4 Å². The van der Waals surface area contributed by atoms with Crippen LogP contribution in [0.25, 0.3) is 11.1 Å². The van der Waals surface area contributed by atoms with Gasteiger partial charge < -0.3 is 38.8 Å². The Kier molecular flexibility index (Phi) is 11.7. The second-order valence-electron chi connectivity index (χ2n) is 15.5. The number of para-hydroxylation sites is 1. The van der Waals surface area contributed by atoms with E-state index in [9.17, 15) is 28.8 Å². The van der Waals surface area contributed by atoms with E-state index in [4.69, 9.17) is 13.9 Å². The summed E-state index contributed by atoms with van der Waals surface area (Å²) in [6.45, 7) is 7.10. The van der Waals surface area contributed by atoms with E-state index in [2.05, 4.69) is 5.32 Å². The fourth-order valence-corrected chi connectivity index (χ4v) is 9.08. The number of esters is 1. The first-order valence-electron chi connectivity index (χ1n) is 20.0. The lowest BCUT2D eigenvalue weighted by molar-refractivity contribution is -0.160. The van der Waals surface area contributed by atoms with Crippen molar-refractivity contribution in [3.05, 3.63) is 63.6 Å². The number of aromatic nitrogens is 1. The number of hydrogen-bond acceptors (Lipinski definition) is 9. The molecule has 5 heterocycles. The number of urea groups is 1. The number of rotatable bonds is 7. The van der Waals surface area contributed by atoms with Gasteiger partial charge in [0.05, 0.1) is 12.1 Å². The molecular weight excluding hydrogens is 720 g/mol. The number of carbonyl (C=O) groups excluding carboxylic acids is 5. The Morgan fingerprint density at radius 3 is 2.18 bits per heavy atom. The second kappa shape index (κ2) is 16.8. The van der Waals surface area contributed by atoms with E-state index < -0.39 is 29.8 Å². The SMILES string of the molecule is CCOC(=O)C(=O)N1CCC(C2CCN(C(=O)[C@@H](Cc3cc(C)c4c(c3)oc(=O)n4C)OC(=O)N3CCC(N4CCc5ccccc5NC4=O)CC3)CC2)CC1. The van der Waals surface area contributed by atoms with Crippen molar-refractivity contribution in [1.82, 2.24) is 24.2 Å². The van der Waals surface area contributed by atoms with Crippen molar-refractivity contribution in [2.24, 2.45) is 18.9 Å². The summed E-state index contributed by atoms with van der Waals surface area (Å²) in [7, 11) is 1.65. The molecule has 7 rings (SSSR count). The van der Waals surface area contributed by atoms with Gasteiger partial charge in [0.2, 0.25) is 0 Å². The van der Waals surface area contributed by atoms with Gasteiger partial charge in [-0.25, -0.2) is 19.2 Å². The van der Waals surface area contributed by atoms with Crippen molar-refractivity contribution in [1.29, 1.82) is 0 Å². The van der Waals surface area contributed by atoms with Gasteiger partial charge in [-0.1, -0.05) is 24.3 Å². The number of oxazole rings is 1. The number of carbonyl (C=O) groups is 5. The number of fused-ring (bicyclic) bond motifs is 2. The maximum Gasteiger partial charge on any atom is 0.419 e. The van der Waals surface area contributed by atoms with Crippen LogP contribution in [0, 0.1) is 18.8 Å². The van der Waals surface area contributed by atoms with E-state index in [0.717, 1.165) is 48.9 Å². The van der Waals surface area contributed by atoms with Crippen LogP contribution in [-0.4, -0.2) is 119 Å². The van der Waals surface area contributed by atoms with E-state index in [1.807, 2.05) is 42.2 Å². The van der Waals surface area contributed by atoms with Gasteiger partial charge in [-0.05, 0) is 99.5 Å². The van der Waals surface area contributed by atoms with Crippen LogP contribution < -0.4 is 11.1 Å². The van der Waals surface area contributed by atoms with Gasteiger partial charge in [0, 0.05) is 71.0 Å². The van der Waals surface area contributed by atoms with Gasteiger partial charge in [-0.3, -0.25) is 14.2 Å². The molecule has 15 heteroatoms. The number of ether oxygens (including phenoxy) is 2. The molecule has 1 N–H and O–H groups in total. The van der Waals surface area contributed by atoms with E-state index >= 15 is 0 Å². The third kappa shape index (κ3) is 8.26. The highest BCUT2D eigenvalue weighted by Crippen LogP contribution is 2.33. The lowest BCUT2D eigenvalue weighted by atomic mass is 9.78. The van der Waals surface area contributed by atoms with Crippen LogP contribution in [0.5, 0.6) is 0 Å². The Labute approximate surface area is 325 Å². The number of nitrogens with one attached hydrogen (secondary N) is 1. The summed E-state index contributed by atoms with van der Waals surface area (Å²) in [6, 6.07) is 11.3. The van der Waals surface area contributed by atoms with E-state index in [1.54, 1.807) is 34.7 Å². The highest BCUT2D eigenvalue weighted by atomic mass is 16.6. The van der Waals surface area contributed by atoms with E-state index in [0.29, 0.717) is 87.2 Å². The van der Waals surface area contributed by atoms with Crippen LogP contribution in [0.2, 0.25) is 0 Å². The molecule has 4 aliphatic heterocycles. The molecule has 4 aliphatic rings. The molecule has 3 fully saturated rings. The smallest absolute Gasteiger partial charge is 0.419 e. The minimum atomic E-state index is -1.10. The first-order valence-corrected chi connectivity index (χ1v) is 20.0. The van der Waals surface area contributed by atoms with Crippen molar-refractivity contribution >= 4 is 46.7 Å². The molecule has 5 amide bonds. The molecule has 1 aromatic heterocycles. The Hall–Kier alpha value is -5.34. The fourth-order valence-electron chi connectivity index (χ4n) is 9.08. The first kappa shape index (κ1) is 38.9. The fraction of sp³-hybridized carbons (Fsp3) is 0.561. The van der Waals surface area contributed by atoms with Crippen LogP contribution in [0.4, 0.5) is 15.3 Å². The normalized spacial score (nSPS) is 19.3. The Balaban J connectivity index is 0.988. The molecule has 1 atom stereocenters. The molecule has 0 spiro atoms. The average molecular weight is 773 g/mol. The van der Waals surface area contributed by atoms with Gasteiger partial charge >= 0.3 is 29.8 Å².